The predicted molar refractivity (Wildman–Crippen MR) is 65.9 cm³/mol. The second-order valence-corrected chi connectivity index (χ2v) is 4.99. The molecular weight excluding hydrogens is 352 g/mol. The monoisotopic (exact) mass is 380 g/mol. The number of hydrogen-bond donors (Lipinski definition) is 0. The molecule has 0 aliphatic heterocycles. The third-order valence-corrected chi connectivity index (χ3v) is 3.14. The molecule has 0 nitrogen and oxygen atoms in total. The zero-order chi connectivity index (χ0) is 11.2. The third kappa shape index (κ3) is 6.77. The summed E-state index contributed by atoms with van der Waals surface area (Å²) in [4.78, 5) is 0. The molecule has 2 atom stereocenters. The molecule has 1 aliphatic rings. The first-order valence-corrected chi connectivity index (χ1v) is 6.20. The average Bonchev–Trinajstić information content (AvgIpc) is 2.51. The van der Waals surface area contributed by atoms with E-state index in [2.05, 4.69) is 27.7 Å². The van der Waals surface area contributed by atoms with Crippen molar-refractivity contribution in [2.75, 3.05) is 0 Å². The van der Waals surface area contributed by atoms with E-state index in [1.54, 1.807) is 0 Å². The summed E-state index contributed by atoms with van der Waals surface area (Å²) in [5.74, 6) is 1.78. The predicted octanol–water partition coefficient (Wildman–Crippen LogP) is 4.90. The summed E-state index contributed by atoms with van der Waals surface area (Å²) >= 11 is 0. The van der Waals surface area contributed by atoms with Crippen LogP contribution in [0, 0.1) is 31.1 Å². The van der Waals surface area contributed by atoms with Crippen molar-refractivity contribution in [1.82, 2.24) is 0 Å². The summed E-state index contributed by atoms with van der Waals surface area (Å²) in [6.45, 7) is 16.9. The fourth-order valence-electron chi connectivity index (χ4n) is 2.42. The molecule has 0 saturated heterocycles. The van der Waals surface area contributed by atoms with E-state index in [0.717, 1.165) is 18.3 Å². The second-order valence-electron chi connectivity index (χ2n) is 4.99. The van der Waals surface area contributed by atoms with Gasteiger partial charge in [0, 0.05) is 0 Å². The molecule has 2 unspecified atom stereocenters. The molecule has 1 aliphatic carbocycles. The quantitative estimate of drug-likeness (QED) is 0.611. The smallest absolute Gasteiger partial charge is 0.345 e. The van der Waals surface area contributed by atoms with Gasteiger partial charge in [-0.3, -0.25) is 0 Å². The fourth-order valence-corrected chi connectivity index (χ4v) is 2.42. The van der Waals surface area contributed by atoms with Crippen LogP contribution in [-0.4, -0.2) is 0 Å². The van der Waals surface area contributed by atoms with E-state index in [0.29, 0.717) is 5.41 Å². The second kappa shape index (κ2) is 8.80. The minimum atomic E-state index is 0. The Morgan fingerprint density at radius 2 is 1.87 bits per heavy atom. The van der Waals surface area contributed by atoms with E-state index in [1.807, 2.05) is 13.8 Å². The normalized spacial score (nSPS) is 29.4. The molecule has 90 valence electrons. The molecule has 0 spiro atoms. The van der Waals surface area contributed by atoms with E-state index in [-0.39, 0.29) is 21.1 Å². The largest absolute Gasteiger partial charge is 2.00 e. The van der Waals surface area contributed by atoms with Crippen molar-refractivity contribution >= 4 is 0 Å². The molecule has 0 aromatic carbocycles. The van der Waals surface area contributed by atoms with E-state index >= 15 is 0 Å². The summed E-state index contributed by atoms with van der Waals surface area (Å²) in [6.07, 6.45) is 6.40. The third-order valence-electron chi connectivity index (χ3n) is 3.14. The first-order valence-electron chi connectivity index (χ1n) is 6.20. The minimum absolute atomic E-state index is 0. The van der Waals surface area contributed by atoms with Crippen LogP contribution < -0.4 is 0 Å². The molecule has 1 saturated carbocycles. The van der Waals surface area contributed by atoms with Gasteiger partial charge in [0.2, 0.25) is 0 Å². The first kappa shape index (κ1) is 18.1. The van der Waals surface area contributed by atoms with Gasteiger partial charge in [-0.1, -0.05) is 47.0 Å². The summed E-state index contributed by atoms with van der Waals surface area (Å²) < 4.78 is 0. The van der Waals surface area contributed by atoms with Crippen molar-refractivity contribution in [3.8, 4) is 0 Å². The SMILES string of the molecule is CC.[CH2-]CC1([CH2-])CCC(CC(C)C)C1.[W+2]. The molecule has 0 aromatic rings. The van der Waals surface area contributed by atoms with Crippen LogP contribution in [0.3, 0.4) is 0 Å². The molecule has 1 fully saturated rings. The van der Waals surface area contributed by atoms with Crippen molar-refractivity contribution in [1.29, 1.82) is 0 Å². The van der Waals surface area contributed by atoms with Gasteiger partial charge in [0.1, 0.15) is 0 Å². The minimum Gasteiger partial charge on any atom is -0.345 e. The van der Waals surface area contributed by atoms with Crippen LogP contribution in [0.25, 0.3) is 0 Å². The van der Waals surface area contributed by atoms with Crippen molar-refractivity contribution in [3.63, 3.8) is 0 Å². The van der Waals surface area contributed by atoms with Crippen molar-refractivity contribution in [3.05, 3.63) is 13.8 Å². The van der Waals surface area contributed by atoms with Gasteiger partial charge in [0.15, 0.2) is 0 Å². The van der Waals surface area contributed by atoms with Gasteiger partial charge < -0.3 is 13.8 Å². The fraction of sp³-hybridized carbons (Fsp3) is 0.857. The van der Waals surface area contributed by atoms with Gasteiger partial charge in [0.05, 0.1) is 0 Å². The average molecular weight is 380 g/mol. The van der Waals surface area contributed by atoms with Crippen LogP contribution in [0.15, 0.2) is 0 Å². The van der Waals surface area contributed by atoms with Crippen LogP contribution in [0.5, 0.6) is 0 Å². The van der Waals surface area contributed by atoms with Gasteiger partial charge in [-0.05, 0) is 18.3 Å². The van der Waals surface area contributed by atoms with E-state index < -0.39 is 0 Å². The maximum atomic E-state index is 4.28. The molecule has 1 heteroatoms. The summed E-state index contributed by atoms with van der Waals surface area (Å²) in [7, 11) is 0. The molecule has 0 heterocycles. The van der Waals surface area contributed by atoms with Gasteiger partial charge in [-0.2, -0.15) is 5.41 Å². The van der Waals surface area contributed by atoms with Crippen LogP contribution >= 0.6 is 0 Å². The molecule has 0 radical (unpaired) electrons. The first-order chi connectivity index (χ1) is 6.56. The molecule has 0 amide bonds. The van der Waals surface area contributed by atoms with Crippen LogP contribution in [0.4, 0.5) is 0 Å². The Balaban J connectivity index is 0. The molecule has 0 aromatic heterocycles. The van der Waals surface area contributed by atoms with Crippen LogP contribution in [0.2, 0.25) is 0 Å². The standard InChI is InChI=1S/C12H22.C2H6.W/c1-5-12(4)7-6-11(9-12)8-10(2)3;1-2;/h10-11H,1,4-9H2,2-3H3;1-2H3;/q-2;;+2. The Morgan fingerprint density at radius 1 is 1.33 bits per heavy atom. The molecule has 15 heavy (non-hydrogen) atoms. The van der Waals surface area contributed by atoms with E-state index in [9.17, 15) is 0 Å². The van der Waals surface area contributed by atoms with Gasteiger partial charge in [-0.15, -0.1) is 0 Å². The molecule has 1 rings (SSSR count). The Bertz CT molecular complexity index is 142. The Labute approximate surface area is 112 Å². The number of hydrogen-bond acceptors (Lipinski definition) is 0. The van der Waals surface area contributed by atoms with E-state index in [1.165, 1.54) is 25.7 Å². The molecular formula is C14H28W. The van der Waals surface area contributed by atoms with Crippen molar-refractivity contribution < 1.29 is 21.1 Å². The van der Waals surface area contributed by atoms with Crippen molar-refractivity contribution in [2.24, 2.45) is 17.3 Å². The van der Waals surface area contributed by atoms with Gasteiger partial charge >= 0.3 is 21.1 Å². The summed E-state index contributed by atoms with van der Waals surface area (Å²) in [5, 5.41) is 0. The van der Waals surface area contributed by atoms with Gasteiger partial charge in [-0.25, -0.2) is 6.42 Å². The zero-order valence-electron chi connectivity index (χ0n) is 11.0. The van der Waals surface area contributed by atoms with Crippen LogP contribution in [0.1, 0.15) is 59.8 Å². The summed E-state index contributed by atoms with van der Waals surface area (Å²) in [5.41, 5.74) is 0.333. The van der Waals surface area contributed by atoms with Crippen LogP contribution in [-0.2, 0) is 21.1 Å². The topological polar surface area (TPSA) is 0 Å². The number of rotatable bonds is 3. The van der Waals surface area contributed by atoms with E-state index in [4.69, 9.17) is 0 Å². The molecule has 0 N–H and O–H groups in total. The Hall–Kier alpha value is 0.688. The molecule has 0 bridgehead atoms. The Kier molecular flexibility index (Phi) is 10.6. The maximum Gasteiger partial charge on any atom is 2.00 e. The maximum absolute atomic E-state index is 4.28. The zero-order valence-corrected chi connectivity index (χ0v) is 13.9. The van der Waals surface area contributed by atoms with Crippen molar-refractivity contribution in [2.45, 2.75) is 59.8 Å². The summed E-state index contributed by atoms with van der Waals surface area (Å²) in [6, 6.07) is 0. The van der Waals surface area contributed by atoms with Gasteiger partial charge in [0.25, 0.3) is 0 Å². The Morgan fingerprint density at radius 3 is 2.20 bits per heavy atom.